The van der Waals surface area contributed by atoms with Crippen LogP contribution in [0.1, 0.15) is 59.0 Å². The Morgan fingerprint density at radius 3 is 2.27 bits per heavy atom. The molecule has 5 N–H and O–H groups in total. The highest BCUT2D eigenvalue weighted by Crippen LogP contribution is 2.54. The van der Waals surface area contributed by atoms with Crippen molar-refractivity contribution in [3.63, 3.8) is 0 Å². The molecular formula is C33H37N3O8. The van der Waals surface area contributed by atoms with Crippen LogP contribution in [0.25, 0.3) is 0 Å². The van der Waals surface area contributed by atoms with Crippen molar-refractivity contribution in [1.29, 1.82) is 0 Å². The van der Waals surface area contributed by atoms with Crippen LogP contribution in [-0.2, 0) is 32.1 Å². The van der Waals surface area contributed by atoms with Gasteiger partial charge in [-0.1, -0.05) is 38.1 Å². The average molecular weight is 604 g/mol. The molecule has 1 amide bonds. The molecule has 6 atom stereocenters. The predicted molar refractivity (Wildman–Crippen MR) is 160 cm³/mol. The summed E-state index contributed by atoms with van der Waals surface area (Å²) in [7, 11) is 3.57. The number of fused-ring (bicyclic) bond motifs is 3. The Hall–Kier alpha value is -4.38. The number of carbonyl (C=O) groups excluding carboxylic acids is 6. The highest BCUT2D eigenvalue weighted by Gasteiger charge is 2.69. The SMILES string of the molecule is CC(=O)c1ccc(CNc2cc(N(C)C)c3c(c2O)C(=O)C2C(=O)[C@]4(O)C(=O)C(C(N)=O)C(=O)[C@@H](C(C)C)[C@@H]4C[C@@H]2C3)cc1. The Bertz CT molecular complexity index is 1610. The number of nitrogens with one attached hydrogen (secondary N) is 1. The zero-order valence-corrected chi connectivity index (χ0v) is 25.3. The molecule has 11 nitrogen and oxygen atoms in total. The van der Waals surface area contributed by atoms with Gasteiger partial charge in [0.25, 0.3) is 0 Å². The quantitative estimate of drug-likeness (QED) is 0.208. The number of primary amides is 1. The number of hydrogen-bond donors (Lipinski definition) is 4. The van der Waals surface area contributed by atoms with E-state index in [9.17, 15) is 39.0 Å². The standard InChI is InChI=1S/C33H37N3O8/c1-14(2)23-20-11-18-10-19-22(36(4)5)12-21(35-13-16-6-8-17(9-7-16)15(3)37)27(38)25(19)29(40)24(18)30(41)33(20,44)31(42)26(28(23)39)32(34)43/h6-9,12,14,18,20,23-24,26,35,38,44H,10-11,13H2,1-5H3,(H2,34,43)/t18-,20-,23-,24?,26?,33-/m0/s1. The van der Waals surface area contributed by atoms with Crippen molar-refractivity contribution < 1.29 is 39.0 Å². The van der Waals surface area contributed by atoms with E-state index in [1.165, 1.54) is 6.92 Å². The normalized spacial score (nSPS) is 27.8. The zero-order valence-electron chi connectivity index (χ0n) is 25.3. The number of phenolic OH excluding ortho intramolecular Hbond substituents is 1. The fourth-order valence-corrected chi connectivity index (χ4v) is 7.49. The van der Waals surface area contributed by atoms with E-state index in [-0.39, 0.29) is 42.2 Å². The highest BCUT2D eigenvalue weighted by molar-refractivity contribution is 6.32. The molecule has 5 rings (SSSR count). The summed E-state index contributed by atoms with van der Waals surface area (Å²) in [5, 5.41) is 26.3. The number of anilines is 2. The molecule has 11 heteroatoms. The molecule has 0 aliphatic heterocycles. The first-order valence-electron chi connectivity index (χ1n) is 14.7. The minimum Gasteiger partial charge on any atom is -0.505 e. The van der Waals surface area contributed by atoms with E-state index in [1.807, 2.05) is 0 Å². The van der Waals surface area contributed by atoms with Gasteiger partial charge in [0, 0.05) is 43.7 Å². The molecule has 2 aromatic rings. The van der Waals surface area contributed by atoms with Crippen molar-refractivity contribution in [2.45, 2.75) is 45.8 Å². The number of benzene rings is 2. The second kappa shape index (κ2) is 11.0. The number of phenols is 1. The van der Waals surface area contributed by atoms with E-state index in [0.717, 1.165) is 5.56 Å². The van der Waals surface area contributed by atoms with Gasteiger partial charge < -0.3 is 26.2 Å². The van der Waals surface area contributed by atoms with Gasteiger partial charge in [-0.15, -0.1) is 0 Å². The minimum atomic E-state index is -2.74. The molecule has 0 aromatic heterocycles. The Labute approximate surface area is 254 Å². The van der Waals surface area contributed by atoms with Crippen LogP contribution in [0.2, 0.25) is 0 Å². The number of rotatable bonds is 7. The van der Waals surface area contributed by atoms with Crippen LogP contribution in [0.4, 0.5) is 11.4 Å². The van der Waals surface area contributed by atoms with Gasteiger partial charge in [0.05, 0.1) is 17.2 Å². The van der Waals surface area contributed by atoms with Crippen LogP contribution in [0.15, 0.2) is 30.3 Å². The number of aromatic hydroxyl groups is 1. The van der Waals surface area contributed by atoms with Gasteiger partial charge in [-0.3, -0.25) is 28.8 Å². The summed E-state index contributed by atoms with van der Waals surface area (Å²) in [5.41, 5.74) is 5.36. The molecule has 0 saturated heterocycles. The van der Waals surface area contributed by atoms with Gasteiger partial charge in [-0.05, 0) is 48.8 Å². The Morgan fingerprint density at radius 1 is 1.09 bits per heavy atom. The van der Waals surface area contributed by atoms with E-state index in [2.05, 4.69) is 5.32 Å². The summed E-state index contributed by atoms with van der Waals surface area (Å²) in [6.45, 7) is 5.15. The molecule has 232 valence electrons. The van der Waals surface area contributed by atoms with Crippen molar-refractivity contribution in [2.24, 2.45) is 41.2 Å². The summed E-state index contributed by atoms with van der Waals surface area (Å²) in [4.78, 5) is 80.7. The van der Waals surface area contributed by atoms with Crippen molar-refractivity contribution in [2.75, 3.05) is 24.3 Å². The van der Waals surface area contributed by atoms with Gasteiger partial charge >= 0.3 is 0 Å². The molecule has 0 bridgehead atoms. The summed E-state index contributed by atoms with van der Waals surface area (Å²) in [5.74, 6) is -12.1. The maximum atomic E-state index is 14.2. The van der Waals surface area contributed by atoms with Crippen LogP contribution in [-0.4, -0.2) is 64.7 Å². The molecule has 2 aromatic carbocycles. The first-order chi connectivity index (χ1) is 20.6. The van der Waals surface area contributed by atoms with Gasteiger partial charge in [0.1, 0.15) is 5.75 Å². The third-order valence-electron chi connectivity index (χ3n) is 9.61. The number of nitrogens with zero attached hydrogens (tertiary/aromatic N) is 1. The fourth-order valence-electron chi connectivity index (χ4n) is 7.49. The van der Waals surface area contributed by atoms with Crippen LogP contribution >= 0.6 is 0 Å². The molecule has 0 radical (unpaired) electrons. The molecule has 0 heterocycles. The Morgan fingerprint density at radius 2 is 1.73 bits per heavy atom. The lowest BCUT2D eigenvalue weighted by atomic mass is 9.50. The number of nitrogens with two attached hydrogens (primary N) is 1. The molecule has 2 saturated carbocycles. The first kappa shape index (κ1) is 31.1. The number of aliphatic hydroxyl groups is 1. The lowest BCUT2D eigenvalue weighted by Gasteiger charge is -2.52. The highest BCUT2D eigenvalue weighted by atomic mass is 16.3. The maximum Gasteiger partial charge on any atom is 0.235 e. The van der Waals surface area contributed by atoms with Crippen LogP contribution in [0.3, 0.4) is 0 Å². The Balaban J connectivity index is 1.56. The fraction of sp³-hybridized carbons (Fsp3) is 0.455. The van der Waals surface area contributed by atoms with Gasteiger partial charge in [-0.2, -0.15) is 0 Å². The van der Waals surface area contributed by atoms with E-state index < -0.39 is 70.1 Å². The summed E-state index contributed by atoms with van der Waals surface area (Å²) in [6, 6.07) is 8.65. The largest absolute Gasteiger partial charge is 0.505 e. The van der Waals surface area contributed by atoms with E-state index in [1.54, 1.807) is 63.2 Å². The molecule has 44 heavy (non-hydrogen) atoms. The van der Waals surface area contributed by atoms with Crippen molar-refractivity contribution >= 4 is 46.2 Å². The van der Waals surface area contributed by atoms with Gasteiger partial charge in [0.2, 0.25) is 5.91 Å². The lowest BCUT2D eigenvalue weighted by molar-refractivity contribution is -0.182. The maximum absolute atomic E-state index is 14.2. The third kappa shape index (κ3) is 4.61. The lowest BCUT2D eigenvalue weighted by Crippen LogP contribution is -2.71. The van der Waals surface area contributed by atoms with E-state index >= 15 is 0 Å². The summed E-state index contributed by atoms with van der Waals surface area (Å²) >= 11 is 0. The van der Waals surface area contributed by atoms with Crippen LogP contribution < -0.4 is 16.0 Å². The molecular weight excluding hydrogens is 566 g/mol. The Kier molecular flexibility index (Phi) is 7.74. The topological polar surface area (TPSA) is 184 Å². The number of carbonyl (C=O) groups is 6. The van der Waals surface area contributed by atoms with Crippen molar-refractivity contribution in [3.05, 3.63) is 52.6 Å². The average Bonchev–Trinajstić information content (AvgIpc) is 2.94. The summed E-state index contributed by atoms with van der Waals surface area (Å²) in [6.07, 6.45) is 0.206. The number of hydrogen-bond acceptors (Lipinski definition) is 10. The number of ketones is 5. The van der Waals surface area contributed by atoms with E-state index in [4.69, 9.17) is 5.73 Å². The molecule has 0 spiro atoms. The van der Waals surface area contributed by atoms with Gasteiger partial charge in [0.15, 0.2) is 40.4 Å². The predicted octanol–water partition coefficient (Wildman–Crippen LogP) is 2.09. The van der Waals surface area contributed by atoms with Crippen LogP contribution in [0.5, 0.6) is 5.75 Å². The zero-order chi connectivity index (χ0) is 32.4. The van der Waals surface area contributed by atoms with Crippen LogP contribution in [0, 0.1) is 35.5 Å². The molecule has 3 aliphatic rings. The second-order valence-electron chi connectivity index (χ2n) is 12.8. The van der Waals surface area contributed by atoms with Gasteiger partial charge in [-0.25, -0.2) is 0 Å². The van der Waals surface area contributed by atoms with Crippen molar-refractivity contribution in [3.8, 4) is 5.75 Å². The number of Topliss-reactive ketones (excluding diaryl/α,β-unsaturated/α-hetero) is 5. The smallest absolute Gasteiger partial charge is 0.235 e. The monoisotopic (exact) mass is 603 g/mol. The molecule has 3 aliphatic carbocycles. The second-order valence-corrected chi connectivity index (χ2v) is 12.8. The van der Waals surface area contributed by atoms with Crippen molar-refractivity contribution in [1.82, 2.24) is 0 Å². The molecule has 2 unspecified atom stereocenters. The molecule has 2 fully saturated rings. The number of amides is 1. The first-order valence-corrected chi connectivity index (χ1v) is 14.7. The third-order valence-corrected chi connectivity index (χ3v) is 9.61. The van der Waals surface area contributed by atoms with E-state index in [0.29, 0.717) is 16.8 Å². The minimum absolute atomic E-state index is 0.0216. The summed E-state index contributed by atoms with van der Waals surface area (Å²) < 4.78 is 0.